The second-order valence-corrected chi connectivity index (χ2v) is 8.14. The molecule has 144 valence electrons. The van der Waals surface area contributed by atoms with E-state index in [1.54, 1.807) is 11.8 Å². The Kier molecular flexibility index (Phi) is 5.05. The number of rotatable bonds is 4. The summed E-state index contributed by atoms with van der Waals surface area (Å²) in [5, 5.41) is 13.2. The van der Waals surface area contributed by atoms with E-state index in [-0.39, 0.29) is 23.8 Å². The van der Waals surface area contributed by atoms with Gasteiger partial charge in [0.15, 0.2) is 0 Å². The number of carbonyl (C=O) groups excluding carboxylic acids is 2. The van der Waals surface area contributed by atoms with Crippen LogP contribution >= 0.6 is 11.3 Å². The van der Waals surface area contributed by atoms with Crippen LogP contribution in [0.4, 0.5) is 9.80 Å². The van der Waals surface area contributed by atoms with E-state index in [1.807, 2.05) is 30.3 Å². The van der Waals surface area contributed by atoms with Crippen molar-refractivity contribution in [1.82, 2.24) is 4.90 Å². The molecule has 0 saturated heterocycles. The molecule has 2 atom stereocenters. The van der Waals surface area contributed by atoms with Crippen molar-refractivity contribution in [2.24, 2.45) is 5.92 Å². The average Bonchev–Trinajstić information content (AvgIpc) is 3.44. The first-order chi connectivity index (χ1) is 13.6. The molecule has 1 aromatic heterocycles. The van der Waals surface area contributed by atoms with E-state index in [0.29, 0.717) is 36.7 Å². The first-order valence-electron chi connectivity index (χ1n) is 9.44. The van der Waals surface area contributed by atoms with Crippen molar-refractivity contribution in [1.29, 1.82) is 5.26 Å². The molecular formula is C21H21N3O3S. The first-order valence-corrected chi connectivity index (χ1v) is 10.3. The molecule has 1 N–H and O–H groups in total. The number of fused-ring (bicyclic) bond motifs is 1. The molecule has 4 rings (SSSR count). The Bertz CT molecular complexity index is 948. The van der Waals surface area contributed by atoms with Crippen LogP contribution in [0.5, 0.6) is 0 Å². The summed E-state index contributed by atoms with van der Waals surface area (Å²) in [6, 6.07) is 12.3. The summed E-state index contributed by atoms with van der Waals surface area (Å²) in [7, 11) is 0. The SMILES string of the molecule is CCOC(=O)N1CCc2c(sc(NC(=O)C3CC3c3ccccc3)c2C#N)C1. The Morgan fingerprint density at radius 1 is 1.36 bits per heavy atom. The highest BCUT2D eigenvalue weighted by Crippen LogP contribution is 2.48. The largest absolute Gasteiger partial charge is 0.450 e. The second-order valence-electron chi connectivity index (χ2n) is 7.04. The molecule has 1 saturated carbocycles. The minimum absolute atomic E-state index is 0.0359. The number of ether oxygens (including phenoxy) is 1. The summed E-state index contributed by atoms with van der Waals surface area (Å²) >= 11 is 1.39. The summed E-state index contributed by atoms with van der Waals surface area (Å²) < 4.78 is 5.07. The normalized spacial score (nSPS) is 20.1. The molecule has 1 aliphatic heterocycles. The van der Waals surface area contributed by atoms with E-state index >= 15 is 0 Å². The van der Waals surface area contributed by atoms with Crippen molar-refractivity contribution in [2.45, 2.75) is 32.2 Å². The standard InChI is InChI=1S/C21H21N3O3S/c1-2-27-21(26)24-9-8-14-17(11-22)20(28-18(14)12-24)23-19(25)16-10-15(16)13-6-4-3-5-7-13/h3-7,15-16H,2,8-10,12H2,1H3,(H,23,25). The monoisotopic (exact) mass is 395 g/mol. The highest BCUT2D eigenvalue weighted by atomic mass is 32.1. The Balaban J connectivity index is 1.47. The van der Waals surface area contributed by atoms with Crippen LogP contribution in [-0.2, 0) is 22.5 Å². The molecule has 28 heavy (non-hydrogen) atoms. The zero-order chi connectivity index (χ0) is 19.7. The first kappa shape index (κ1) is 18.5. The number of hydrogen-bond acceptors (Lipinski definition) is 5. The third-order valence-corrected chi connectivity index (χ3v) is 6.42. The van der Waals surface area contributed by atoms with Gasteiger partial charge in [0, 0.05) is 17.3 Å². The maximum atomic E-state index is 12.7. The molecule has 0 spiro atoms. The van der Waals surface area contributed by atoms with Crippen LogP contribution in [0.1, 0.15) is 40.8 Å². The maximum Gasteiger partial charge on any atom is 0.410 e. The van der Waals surface area contributed by atoms with E-state index in [4.69, 9.17) is 4.74 Å². The van der Waals surface area contributed by atoms with E-state index < -0.39 is 0 Å². The molecule has 1 aromatic carbocycles. The molecule has 6 nitrogen and oxygen atoms in total. The van der Waals surface area contributed by atoms with Gasteiger partial charge in [0.1, 0.15) is 11.1 Å². The van der Waals surface area contributed by atoms with Gasteiger partial charge in [-0.1, -0.05) is 30.3 Å². The van der Waals surface area contributed by atoms with Gasteiger partial charge in [0.2, 0.25) is 5.91 Å². The van der Waals surface area contributed by atoms with Gasteiger partial charge in [0.25, 0.3) is 0 Å². The molecule has 1 aliphatic carbocycles. The summed E-state index contributed by atoms with van der Waals surface area (Å²) in [6.45, 7) is 3.05. The predicted octanol–water partition coefficient (Wildman–Crippen LogP) is 3.88. The molecule has 7 heteroatoms. The summed E-state index contributed by atoms with van der Waals surface area (Å²) in [6.07, 6.45) is 1.09. The van der Waals surface area contributed by atoms with Crippen LogP contribution in [0.3, 0.4) is 0 Å². The number of nitriles is 1. The van der Waals surface area contributed by atoms with Crippen molar-refractivity contribution < 1.29 is 14.3 Å². The summed E-state index contributed by atoms with van der Waals surface area (Å²) in [4.78, 5) is 27.3. The lowest BCUT2D eigenvalue weighted by Crippen LogP contribution is -2.35. The summed E-state index contributed by atoms with van der Waals surface area (Å²) in [5.74, 6) is 0.163. The molecule has 2 aromatic rings. The van der Waals surface area contributed by atoms with Crippen LogP contribution in [0.2, 0.25) is 0 Å². The lowest BCUT2D eigenvalue weighted by Gasteiger charge is -2.25. The Labute approximate surface area is 167 Å². The maximum absolute atomic E-state index is 12.7. The van der Waals surface area contributed by atoms with Gasteiger partial charge in [-0.2, -0.15) is 5.26 Å². The number of amides is 2. The highest BCUT2D eigenvalue weighted by molar-refractivity contribution is 7.16. The number of carbonyl (C=O) groups is 2. The highest BCUT2D eigenvalue weighted by Gasteiger charge is 2.44. The lowest BCUT2D eigenvalue weighted by atomic mass is 10.0. The second kappa shape index (κ2) is 7.64. The van der Waals surface area contributed by atoms with Crippen molar-refractivity contribution in [3.05, 3.63) is 51.9 Å². The third-order valence-electron chi connectivity index (χ3n) is 5.29. The van der Waals surface area contributed by atoms with E-state index in [2.05, 4.69) is 11.4 Å². The Hall–Kier alpha value is -2.85. The Morgan fingerprint density at radius 2 is 2.14 bits per heavy atom. The molecule has 2 heterocycles. The predicted molar refractivity (Wildman–Crippen MR) is 106 cm³/mol. The number of thiophene rings is 1. The number of anilines is 1. The fraction of sp³-hybridized carbons (Fsp3) is 0.381. The summed E-state index contributed by atoms with van der Waals surface area (Å²) in [5.41, 5.74) is 2.66. The van der Waals surface area contributed by atoms with Crippen LogP contribution in [0.25, 0.3) is 0 Å². The molecule has 2 amide bonds. The zero-order valence-electron chi connectivity index (χ0n) is 15.6. The number of nitrogens with one attached hydrogen (secondary N) is 1. The lowest BCUT2D eigenvalue weighted by molar-refractivity contribution is -0.117. The molecular weight excluding hydrogens is 374 g/mol. The van der Waals surface area contributed by atoms with Gasteiger partial charge in [0.05, 0.1) is 18.7 Å². The van der Waals surface area contributed by atoms with Crippen molar-refractivity contribution >= 4 is 28.3 Å². The number of hydrogen-bond donors (Lipinski definition) is 1. The van der Waals surface area contributed by atoms with Gasteiger partial charge in [-0.25, -0.2) is 4.79 Å². The number of nitrogens with zero attached hydrogens (tertiary/aromatic N) is 2. The Morgan fingerprint density at radius 3 is 2.86 bits per heavy atom. The fourth-order valence-corrected chi connectivity index (χ4v) is 4.96. The van der Waals surface area contributed by atoms with Gasteiger partial charge >= 0.3 is 6.09 Å². The van der Waals surface area contributed by atoms with Crippen molar-refractivity contribution in [3.63, 3.8) is 0 Å². The topological polar surface area (TPSA) is 82.4 Å². The van der Waals surface area contributed by atoms with Crippen LogP contribution in [0, 0.1) is 17.2 Å². The molecule has 2 unspecified atom stereocenters. The van der Waals surface area contributed by atoms with Gasteiger partial charge < -0.3 is 15.0 Å². The molecule has 1 fully saturated rings. The quantitative estimate of drug-likeness (QED) is 0.852. The zero-order valence-corrected chi connectivity index (χ0v) is 16.4. The van der Waals surface area contributed by atoms with Crippen LogP contribution < -0.4 is 5.32 Å². The van der Waals surface area contributed by atoms with E-state index in [1.165, 1.54) is 16.9 Å². The van der Waals surface area contributed by atoms with Crippen molar-refractivity contribution in [2.75, 3.05) is 18.5 Å². The van der Waals surface area contributed by atoms with E-state index in [0.717, 1.165) is 16.9 Å². The van der Waals surface area contributed by atoms with Gasteiger partial charge in [-0.05, 0) is 36.8 Å². The molecule has 0 bridgehead atoms. The van der Waals surface area contributed by atoms with Gasteiger partial charge in [-0.15, -0.1) is 11.3 Å². The smallest absolute Gasteiger partial charge is 0.410 e. The third kappa shape index (κ3) is 3.48. The molecule has 0 radical (unpaired) electrons. The minimum Gasteiger partial charge on any atom is -0.450 e. The average molecular weight is 395 g/mol. The fourth-order valence-electron chi connectivity index (χ4n) is 3.74. The van der Waals surface area contributed by atoms with Crippen LogP contribution in [-0.4, -0.2) is 30.1 Å². The van der Waals surface area contributed by atoms with E-state index in [9.17, 15) is 14.9 Å². The minimum atomic E-state index is -0.339. The van der Waals surface area contributed by atoms with Gasteiger partial charge in [-0.3, -0.25) is 4.79 Å². The number of benzene rings is 1. The van der Waals surface area contributed by atoms with Crippen LogP contribution in [0.15, 0.2) is 30.3 Å². The molecule has 2 aliphatic rings. The van der Waals surface area contributed by atoms with Crippen molar-refractivity contribution in [3.8, 4) is 6.07 Å².